The third kappa shape index (κ3) is 1.44. The number of pyridine rings is 1. The SMILES string of the molecule is O=c1c(Br)c[nH]c2c(F)cc(Cl)cc12. The second kappa shape index (κ2) is 3.37. The molecule has 0 amide bonds. The van der Waals surface area contributed by atoms with E-state index in [-0.39, 0.29) is 21.4 Å². The van der Waals surface area contributed by atoms with Crippen LogP contribution in [0.3, 0.4) is 0 Å². The Morgan fingerprint density at radius 3 is 2.86 bits per heavy atom. The molecule has 0 aliphatic heterocycles. The molecule has 0 aliphatic rings. The van der Waals surface area contributed by atoms with E-state index in [4.69, 9.17) is 11.6 Å². The van der Waals surface area contributed by atoms with Gasteiger partial charge in [-0.25, -0.2) is 4.39 Å². The molecule has 0 aliphatic carbocycles. The van der Waals surface area contributed by atoms with E-state index in [9.17, 15) is 9.18 Å². The summed E-state index contributed by atoms with van der Waals surface area (Å²) in [6, 6.07) is 2.59. The Balaban J connectivity index is 3.03. The van der Waals surface area contributed by atoms with Crippen LogP contribution in [-0.2, 0) is 0 Å². The highest BCUT2D eigenvalue weighted by Gasteiger charge is 2.07. The molecule has 14 heavy (non-hydrogen) atoms. The zero-order chi connectivity index (χ0) is 10.3. The van der Waals surface area contributed by atoms with Crippen molar-refractivity contribution in [2.24, 2.45) is 0 Å². The molecular formula is C9H4BrClFNO. The summed E-state index contributed by atoms with van der Waals surface area (Å²) in [6.45, 7) is 0. The van der Waals surface area contributed by atoms with Crippen molar-refractivity contribution < 1.29 is 4.39 Å². The summed E-state index contributed by atoms with van der Waals surface area (Å²) in [4.78, 5) is 14.2. The first-order valence-corrected chi connectivity index (χ1v) is 4.92. The Kier molecular flexibility index (Phi) is 2.33. The number of aromatic amines is 1. The third-order valence-corrected chi connectivity index (χ3v) is 2.67. The number of nitrogens with one attached hydrogen (secondary N) is 1. The first kappa shape index (κ1) is 9.68. The smallest absolute Gasteiger partial charge is 0.203 e. The minimum atomic E-state index is -0.530. The average molecular weight is 276 g/mol. The average Bonchev–Trinajstić information content (AvgIpc) is 2.12. The zero-order valence-corrected chi connectivity index (χ0v) is 9.12. The largest absolute Gasteiger partial charge is 0.357 e. The van der Waals surface area contributed by atoms with Crippen LogP contribution in [0.4, 0.5) is 4.39 Å². The molecule has 0 bridgehead atoms. The molecule has 1 aromatic carbocycles. The van der Waals surface area contributed by atoms with Crippen LogP contribution in [0.15, 0.2) is 27.6 Å². The molecule has 72 valence electrons. The number of halogens is 3. The van der Waals surface area contributed by atoms with Gasteiger partial charge in [0, 0.05) is 11.2 Å². The molecule has 2 nitrogen and oxygen atoms in total. The summed E-state index contributed by atoms with van der Waals surface area (Å²) >= 11 is 8.70. The van der Waals surface area contributed by atoms with Crippen LogP contribution in [0.2, 0.25) is 5.02 Å². The molecule has 0 saturated heterocycles. The lowest BCUT2D eigenvalue weighted by molar-refractivity contribution is 0.637. The van der Waals surface area contributed by atoms with Gasteiger partial charge in [-0.05, 0) is 28.1 Å². The topological polar surface area (TPSA) is 32.9 Å². The molecule has 0 radical (unpaired) electrons. The van der Waals surface area contributed by atoms with Crippen LogP contribution in [-0.4, -0.2) is 4.98 Å². The molecular weight excluding hydrogens is 272 g/mol. The molecule has 0 atom stereocenters. The van der Waals surface area contributed by atoms with Gasteiger partial charge in [0.25, 0.3) is 0 Å². The van der Waals surface area contributed by atoms with Crippen molar-refractivity contribution in [3.05, 3.63) is 43.9 Å². The Labute approximate surface area is 91.8 Å². The van der Waals surface area contributed by atoms with Crippen molar-refractivity contribution in [3.8, 4) is 0 Å². The minimum Gasteiger partial charge on any atom is -0.357 e. The summed E-state index contributed by atoms with van der Waals surface area (Å²) in [5.41, 5.74) is -0.109. The summed E-state index contributed by atoms with van der Waals surface area (Å²) in [7, 11) is 0. The van der Waals surface area contributed by atoms with E-state index in [1.165, 1.54) is 12.3 Å². The second-order valence-electron chi connectivity index (χ2n) is 2.78. The van der Waals surface area contributed by atoms with Gasteiger partial charge < -0.3 is 4.98 Å². The third-order valence-electron chi connectivity index (χ3n) is 1.86. The lowest BCUT2D eigenvalue weighted by Gasteiger charge is -2.00. The molecule has 2 aromatic rings. The van der Waals surface area contributed by atoms with E-state index in [0.717, 1.165) is 6.07 Å². The number of aromatic nitrogens is 1. The standard InChI is InChI=1S/C9H4BrClFNO/c10-6-3-13-8-5(9(6)14)1-4(11)2-7(8)12/h1-3H,(H,13,14). The van der Waals surface area contributed by atoms with Crippen molar-refractivity contribution in [3.63, 3.8) is 0 Å². The maximum absolute atomic E-state index is 13.3. The van der Waals surface area contributed by atoms with Crippen molar-refractivity contribution in [1.29, 1.82) is 0 Å². The molecule has 5 heteroatoms. The van der Waals surface area contributed by atoms with E-state index in [0.29, 0.717) is 4.47 Å². The van der Waals surface area contributed by atoms with Crippen LogP contribution in [0, 0.1) is 5.82 Å². The quantitative estimate of drug-likeness (QED) is 0.788. The molecule has 0 spiro atoms. The Bertz CT molecular complexity index is 566. The van der Waals surface area contributed by atoms with Gasteiger partial charge in [-0.3, -0.25) is 4.79 Å². The first-order chi connectivity index (χ1) is 6.59. The Morgan fingerprint density at radius 1 is 1.43 bits per heavy atom. The number of hydrogen-bond acceptors (Lipinski definition) is 1. The summed E-state index contributed by atoms with van der Waals surface area (Å²) in [5.74, 6) is -0.530. The molecule has 1 N–H and O–H groups in total. The van der Waals surface area contributed by atoms with E-state index in [1.54, 1.807) is 0 Å². The monoisotopic (exact) mass is 275 g/mol. The van der Waals surface area contributed by atoms with Crippen molar-refractivity contribution >= 4 is 38.4 Å². The lowest BCUT2D eigenvalue weighted by Crippen LogP contribution is -2.04. The molecule has 1 aromatic heterocycles. The van der Waals surface area contributed by atoms with Gasteiger partial charge in [-0.2, -0.15) is 0 Å². The molecule has 0 unspecified atom stereocenters. The van der Waals surface area contributed by atoms with E-state index < -0.39 is 5.82 Å². The van der Waals surface area contributed by atoms with E-state index >= 15 is 0 Å². The van der Waals surface area contributed by atoms with Gasteiger partial charge >= 0.3 is 0 Å². The number of fused-ring (bicyclic) bond motifs is 1. The molecule has 0 fully saturated rings. The predicted molar refractivity (Wildman–Crippen MR) is 57.2 cm³/mol. The molecule has 0 saturated carbocycles. The van der Waals surface area contributed by atoms with Crippen LogP contribution >= 0.6 is 27.5 Å². The van der Waals surface area contributed by atoms with Gasteiger partial charge in [0.2, 0.25) is 5.43 Å². The van der Waals surface area contributed by atoms with Crippen molar-refractivity contribution in [2.75, 3.05) is 0 Å². The van der Waals surface area contributed by atoms with Gasteiger partial charge in [0.1, 0.15) is 5.82 Å². The van der Waals surface area contributed by atoms with Gasteiger partial charge in [0.05, 0.1) is 15.4 Å². The van der Waals surface area contributed by atoms with Crippen molar-refractivity contribution in [2.45, 2.75) is 0 Å². The van der Waals surface area contributed by atoms with E-state index in [1.807, 2.05) is 0 Å². The first-order valence-electron chi connectivity index (χ1n) is 3.75. The maximum atomic E-state index is 13.3. The summed E-state index contributed by atoms with van der Waals surface area (Å²) in [6.07, 6.45) is 1.40. The predicted octanol–water partition coefficient (Wildman–Crippen LogP) is 3.08. The zero-order valence-electron chi connectivity index (χ0n) is 6.77. The highest BCUT2D eigenvalue weighted by atomic mass is 79.9. The van der Waals surface area contributed by atoms with Crippen LogP contribution in [0.1, 0.15) is 0 Å². The Morgan fingerprint density at radius 2 is 2.14 bits per heavy atom. The fourth-order valence-electron chi connectivity index (χ4n) is 1.23. The number of benzene rings is 1. The second-order valence-corrected chi connectivity index (χ2v) is 4.07. The van der Waals surface area contributed by atoms with Crippen LogP contribution in [0.5, 0.6) is 0 Å². The minimum absolute atomic E-state index is 0.169. The van der Waals surface area contributed by atoms with E-state index in [2.05, 4.69) is 20.9 Å². The number of rotatable bonds is 0. The van der Waals surface area contributed by atoms with Crippen LogP contribution in [0.25, 0.3) is 10.9 Å². The number of hydrogen-bond donors (Lipinski definition) is 1. The highest BCUT2D eigenvalue weighted by Crippen LogP contribution is 2.20. The van der Waals surface area contributed by atoms with Gasteiger partial charge in [-0.15, -0.1) is 0 Å². The van der Waals surface area contributed by atoms with Gasteiger partial charge in [-0.1, -0.05) is 11.6 Å². The highest BCUT2D eigenvalue weighted by molar-refractivity contribution is 9.10. The normalized spacial score (nSPS) is 10.8. The summed E-state index contributed by atoms with van der Waals surface area (Å²) in [5, 5.41) is 0.447. The Hall–Kier alpha value is -0.870. The maximum Gasteiger partial charge on any atom is 0.203 e. The molecule has 2 rings (SSSR count). The van der Waals surface area contributed by atoms with Crippen molar-refractivity contribution in [1.82, 2.24) is 4.98 Å². The van der Waals surface area contributed by atoms with Crippen LogP contribution < -0.4 is 5.43 Å². The summed E-state index contributed by atoms with van der Waals surface area (Å²) < 4.78 is 13.6. The van der Waals surface area contributed by atoms with Gasteiger partial charge in [0.15, 0.2) is 0 Å². The fraction of sp³-hybridized carbons (Fsp3) is 0. The molecule has 1 heterocycles. The fourth-order valence-corrected chi connectivity index (χ4v) is 1.76. The number of H-pyrrole nitrogens is 1. The lowest BCUT2D eigenvalue weighted by atomic mass is 10.2.